The Bertz CT molecular complexity index is 475. The number of aryl methyl sites for hydroxylation is 1. The zero-order valence-electron chi connectivity index (χ0n) is 12.1. The molecule has 1 heterocycles. The number of ketones is 1. The molecule has 0 amide bonds. The Morgan fingerprint density at radius 1 is 1.20 bits per heavy atom. The van der Waals surface area contributed by atoms with E-state index in [0.29, 0.717) is 12.2 Å². The van der Waals surface area contributed by atoms with E-state index in [2.05, 4.69) is 0 Å². The van der Waals surface area contributed by atoms with Gasteiger partial charge < -0.3 is 4.74 Å². The van der Waals surface area contributed by atoms with Crippen LogP contribution in [0.4, 0.5) is 0 Å². The number of benzene rings is 1. The third-order valence-corrected chi connectivity index (χ3v) is 3.60. The second kappa shape index (κ2) is 6.66. The number of Topliss-reactive ketones (excluding diaryl/α,β-unsaturated/α-hetero) is 1. The number of carbonyl (C=O) groups excluding carboxylic acids is 2. The van der Waals surface area contributed by atoms with Gasteiger partial charge in [0.1, 0.15) is 0 Å². The van der Waals surface area contributed by atoms with Crippen molar-refractivity contribution in [3.63, 3.8) is 0 Å². The summed E-state index contributed by atoms with van der Waals surface area (Å²) in [6.45, 7) is 5.58. The van der Waals surface area contributed by atoms with Crippen molar-refractivity contribution in [1.82, 2.24) is 4.90 Å². The van der Waals surface area contributed by atoms with Gasteiger partial charge >= 0.3 is 5.97 Å². The predicted octanol–water partition coefficient (Wildman–Crippen LogP) is 2.21. The SMILES string of the molecule is CCOC(=O)C(C(=O)c1ccc(C)cc1)N1CCCC1. The van der Waals surface area contributed by atoms with Gasteiger partial charge in [-0.15, -0.1) is 0 Å². The van der Waals surface area contributed by atoms with Gasteiger partial charge in [-0.05, 0) is 39.8 Å². The monoisotopic (exact) mass is 275 g/mol. The number of esters is 1. The molecule has 2 rings (SSSR count). The van der Waals surface area contributed by atoms with Gasteiger partial charge in [-0.1, -0.05) is 29.8 Å². The first-order valence-electron chi connectivity index (χ1n) is 7.15. The van der Waals surface area contributed by atoms with E-state index in [4.69, 9.17) is 4.74 Å². The lowest BCUT2D eigenvalue weighted by atomic mass is 10.0. The van der Waals surface area contributed by atoms with Crippen LogP contribution in [0, 0.1) is 6.92 Å². The first-order chi connectivity index (χ1) is 9.63. The second-order valence-corrected chi connectivity index (χ2v) is 5.13. The largest absolute Gasteiger partial charge is 0.464 e. The first kappa shape index (κ1) is 14.7. The van der Waals surface area contributed by atoms with Crippen LogP contribution in [0.1, 0.15) is 35.7 Å². The molecule has 1 atom stereocenters. The third-order valence-electron chi connectivity index (χ3n) is 3.60. The minimum Gasteiger partial charge on any atom is -0.464 e. The Kier molecular flexibility index (Phi) is 4.90. The summed E-state index contributed by atoms with van der Waals surface area (Å²) in [5.41, 5.74) is 1.66. The summed E-state index contributed by atoms with van der Waals surface area (Å²) in [6.07, 6.45) is 2.05. The maximum atomic E-state index is 12.6. The fourth-order valence-corrected chi connectivity index (χ4v) is 2.52. The van der Waals surface area contributed by atoms with Crippen molar-refractivity contribution in [3.05, 3.63) is 35.4 Å². The van der Waals surface area contributed by atoms with E-state index in [1.54, 1.807) is 19.1 Å². The van der Waals surface area contributed by atoms with Crippen LogP contribution in [0.2, 0.25) is 0 Å². The smallest absolute Gasteiger partial charge is 0.331 e. The molecule has 1 aliphatic rings. The highest BCUT2D eigenvalue weighted by molar-refractivity contribution is 6.12. The number of carbonyl (C=O) groups is 2. The Morgan fingerprint density at radius 2 is 1.80 bits per heavy atom. The standard InChI is InChI=1S/C16H21NO3/c1-3-20-16(19)14(17-10-4-5-11-17)15(18)13-8-6-12(2)7-9-13/h6-9,14H,3-5,10-11H2,1-2H3. The van der Waals surface area contributed by atoms with Crippen LogP contribution in [0.5, 0.6) is 0 Å². The Hall–Kier alpha value is -1.68. The van der Waals surface area contributed by atoms with E-state index in [9.17, 15) is 9.59 Å². The highest BCUT2D eigenvalue weighted by atomic mass is 16.5. The van der Waals surface area contributed by atoms with E-state index in [-0.39, 0.29) is 5.78 Å². The zero-order chi connectivity index (χ0) is 14.5. The topological polar surface area (TPSA) is 46.6 Å². The zero-order valence-corrected chi connectivity index (χ0v) is 12.1. The molecule has 20 heavy (non-hydrogen) atoms. The lowest BCUT2D eigenvalue weighted by Gasteiger charge is -2.24. The van der Waals surface area contributed by atoms with Crippen LogP contribution < -0.4 is 0 Å². The second-order valence-electron chi connectivity index (χ2n) is 5.13. The number of ether oxygens (including phenoxy) is 1. The molecule has 0 N–H and O–H groups in total. The minimum atomic E-state index is -0.792. The van der Waals surface area contributed by atoms with Gasteiger partial charge in [-0.3, -0.25) is 9.69 Å². The van der Waals surface area contributed by atoms with E-state index in [0.717, 1.165) is 31.5 Å². The molecule has 108 valence electrons. The van der Waals surface area contributed by atoms with Crippen molar-refractivity contribution < 1.29 is 14.3 Å². The van der Waals surface area contributed by atoms with Gasteiger partial charge in [0.2, 0.25) is 0 Å². The Balaban J connectivity index is 2.22. The molecule has 1 saturated heterocycles. The lowest BCUT2D eigenvalue weighted by Crippen LogP contribution is -2.46. The van der Waals surface area contributed by atoms with Gasteiger partial charge in [0, 0.05) is 5.56 Å². The number of nitrogens with zero attached hydrogens (tertiary/aromatic N) is 1. The summed E-state index contributed by atoms with van der Waals surface area (Å²) >= 11 is 0. The molecule has 0 aromatic heterocycles. The Labute approximate surface area is 119 Å². The maximum absolute atomic E-state index is 12.6. The molecule has 1 unspecified atom stereocenters. The van der Waals surface area contributed by atoms with Crippen LogP contribution in [0.3, 0.4) is 0 Å². The molecule has 0 saturated carbocycles. The maximum Gasteiger partial charge on any atom is 0.331 e. The molecule has 4 heteroatoms. The lowest BCUT2D eigenvalue weighted by molar-refractivity contribution is -0.147. The van der Waals surface area contributed by atoms with Gasteiger partial charge in [0.25, 0.3) is 0 Å². The number of hydrogen-bond acceptors (Lipinski definition) is 4. The molecular weight excluding hydrogens is 254 g/mol. The molecule has 0 spiro atoms. The normalized spacial score (nSPS) is 16.9. The van der Waals surface area contributed by atoms with Crippen LogP contribution in [-0.4, -0.2) is 42.4 Å². The summed E-state index contributed by atoms with van der Waals surface area (Å²) in [5, 5.41) is 0. The average Bonchev–Trinajstić information content (AvgIpc) is 2.94. The fourth-order valence-electron chi connectivity index (χ4n) is 2.52. The van der Waals surface area contributed by atoms with Gasteiger partial charge in [0.05, 0.1) is 6.61 Å². The molecule has 0 radical (unpaired) electrons. The van der Waals surface area contributed by atoms with Crippen LogP contribution >= 0.6 is 0 Å². The quantitative estimate of drug-likeness (QED) is 0.469. The predicted molar refractivity (Wildman–Crippen MR) is 76.7 cm³/mol. The van der Waals surface area contributed by atoms with Gasteiger partial charge in [-0.2, -0.15) is 0 Å². The highest BCUT2D eigenvalue weighted by Crippen LogP contribution is 2.17. The summed E-state index contributed by atoms with van der Waals surface area (Å²) in [6, 6.07) is 6.54. The number of likely N-dealkylation sites (tertiary alicyclic amines) is 1. The van der Waals surface area contributed by atoms with Crippen LogP contribution in [-0.2, 0) is 9.53 Å². The third kappa shape index (κ3) is 3.25. The van der Waals surface area contributed by atoms with E-state index >= 15 is 0 Å². The van der Waals surface area contributed by atoms with Gasteiger partial charge in [-0.25, -0.2) is 4.79 Å². The van der Waals surface area contributed by atoms with Crippen LogP contribution in [0.25, 0.3) is 0 Å². The molecule has 1 aromatic rings. The van der Waals surface area contributed by atoms with Crippen molar-refractivity contribution in [2.75, 3.05) is 19.7 Å². The fraction of sp³-hybridized carbons (Fsp3) is 0.500. The van der Waals surface area contributed by atoms with Crippen molar-refractivity contribution in [1.29, 1.82) is 0 Å². The van der Waals surface area contributed by atoms with E-state index in [1.165, 1.54) is 0 Å². The molecule has 4 nitrogen and oxygen atoms in total. The van der Waals surface area contributed by atoms with E-state index < -0.39 is 12.0 Å². The molecule has 0 bridgehead atoms. The summed E-state index contributed by atoms with van der Waals surface area (Å²) in [5.74, 6) is -0.592. The van der Waals surface area contributed by atoms with Crippen LogP contribution in [0.15, 0.2) is 24.3 Å². The molecular formula is C16H21NO3. The van der Waals surface area contributed by atoms with Crippen molar-refractivity contribution >= 4 is 11.8 Å². The first-order valence-corrected chi connectivity index (χ1v) is 7.15. The molecule has 1 aliphatic heterocycles. The van der Waals surface area contributed by atoms with Gasteiger partial charge in [0.15, 0.2) is 11.8 Å². The van der Waals surface area contributed by atoms with Crippen molar-refractivity contribution in [2.24, 2.45) is 0 Å². The highest BCUT2D eigenvalue weighted by Gasteiger charge is 2.35. The minimum absolute atomic E-state index is 0.162. The van der Waals surface area contributed by atoms with E-state index in [1.807, 2.05) is 24.0 Å². The summed E-state index contributed by atoms with van der Waals surface area (Å²) in [7, 11) is 0. The summed E-state index contributed by atoms with van der Waals surface area (Å²) < 4.78 is 5.08. The number of hydrogen-bond donors (Lipinski definition) is 0. The summed E-state index contributed by atoms with van der Waals surface area (Å²) in [4.78, 5) is 26.7. The Morgan fingerprint density at radius 3 is 2.35 bits per heavy atom. The van der Waals surface area contributed by atoms with Crippen molar-refractivity contribution in [3.8, 4) is 0 Å². The molecule has 1 aromatic carbocycles. The molecule has 0 aliphatic carbocycles. The van der Waals surface area contributed by atoms with Crippen molar-refractivity contribution in [2.45, 2.75) is 32.7 Å². The average molecular weight is 275 g/mol. The molecule has 1 fully saturated rings. The number of rotatable bonds is 5.